The first kappa shape index (κ1) is 30.2. The summed E-state index contributed by atoms with van der Waals surface area (Å²) in [6.07, 6.45) is 3.87. The van der Waals surface area contributed by atoms with Gasteiger partial charge in [0.15, 0.2) is 12.8 Å². The maximum absolute atomic E-state index is 13.4. The third-order valence-electron chi connectivity index (χ3n) is 7.44. The number of carbonyl (C=O) groups excluding carboxylic acids is 2. The fourth-order valence-electron chi connectivity index (χ4n) is 5.32. The van der Waals surface area contributed by atoms with Gasteiger partial charge in [0.05, 0.1) is 25.6 Å². The van der Waals surface area contributed by atoms with E-state index in [9.17, 15) is 19.5 Å². The highest BCUT2D eigenvalue weighted by Crippen LogP contribution is 2.34. The molecule has 2 bridgehead atoms. The SMILES string of the molecule is COCCOc1ccc(CCC[C@H](CC(=O)O)C(=O)N[C@H]2CC3C=[N+](CCOCCNC2=O)c2ccccc23)cc1. The van der Waals surface area contributed by atoms with E-state index < -0.39 is 23.8 Å². The van der Waals surface area contributed by atoms with Gasteiger partial charge in [0, 0.05) is 31.2 Å². The Balaban J connectivity index is 1.40. The van der Waals surface area contributed by atoms with Gasteiger partial charge in [-0.25, -0.2) is 0 Å². The number of carboxylic acid groups (broad SMARTS) is 1. The summed E-state index contributed by atoms with van der Waals surface area (Å²) in [7, 11) is 1.62. The van der Waals surface area contributed by atoms with Gasteiger partial charge in [-0.2, -0.15) is 4.58 Å². The molecule has 41 heavy (non-hydrogen) atoms. The Morgan fingerprint density at radius 3 is 2.73 bits per heavy atom. The van der Waals surface area contributed by atoms with E-state index in [1.54, 1.807) is 7.11 Å². The number of para-hydroxylation sites is 1. The summed E-state index contributed by atoms with van der Waals surface area (Å²) in [5.41, 5.74) is 3.24. The minimum atomic E-state index is -1.04. The Morgan fingerprint density at radius 2 is 1.95 bits per heavy atom. The summed E-state index contributed by atoms with van der Waals surface area (Å²) in [5.74, 6) is -1.83. The van der Waals surface area contributed by atoms with Crippen molar-refractivity contribution >= 4 is 29.7 Å². The van der Waals surface area contributed by atoms with E-state index in [4.69, 9.17) is 14.2 Å². The second-order valence-electron chi connectivity index (χ2n) is 10.4. The van der Waals surface area contributed by atoms with E-state index in [-0.39, 0.29) is 18.2 Å². The second-order valence-corrected chi connectivity index (χ2v) is 10.4. The summed E-state index contributed by atoms with van der Waals surface area (Å²) < 4.78 is 18.4. The zero-order valence-electron chi connectivity index (χ0n) is 23.6. The quantitative estimate of drug-likeness (QED) is 0.266. The molecule has 10 nitrogen and oxygen atoms in total. The molecule has 2 heterocycles. The van der Waals surface area contributed by atoms with Gasteiger partial charge >= 0.3 is 5.97 Å². The lowest BCUT2D eigenvalue weighted by Crippen LogP contribution is -2.50. The van der Waals surface area contributed by atoms with Crippen LogP contribution < -0.4 is 15.4 Å². The molecule has 0 saturated heterocycles. The first-order valence-electron chi connectivity index (χ1n) is 14.2. The van der Waals surface area contributed by atoms with Crippen molar-refractivity contribution < 1.29 is 38.3 Å². The number of hydrogen-bond acceptors (Lipinski definition) is 6. The molecular formula is C31H40N3O7+. The molecule has 3 N–H and O–H groups in total. The van der Waals surface area contributed by atoms with Crippen LogP contribution in [0.1, 0.15) is 42.7 Å². The van der Waals surface area contributed by atoms with E-state index in [2.05, 4.69) is 21.4 Å². The highest BCUT2D eigenvalue weighted by molar-refractivity contribution is 5.90. The minimum absolute atomic E-state index is 0.0685. The highest BCUT2D eigenvalue weighted by Gasteiger charge is 2.35. The van der Waals surface area contributed by atoms with Gasteiger partial charge in [-0.15, -0.1) is 0 Å². The van der Waals surface area contributed by atoms with Crippen molar-refractivity contribution in [3.63, 3.8) is 0 Å². The van der Waals surface area contributed by atoms with Gasteiger partial charge in [-0.05, 0) is 43.4 Å². The van der Waals surface area contributed by atoms with E-state index >= 15 is 0 Å². The maximum atomic E-state index is 13.4. The number of carboxylic acids is 1. The molecular weight excluding hydrogens is 526 g/mol. The molecule has 2 aliphatic rings. The van der Waals surface area contributed by atoms with Crippen molar-refractivity contribution in [2.45, 2.75) is 44.1 Å². The first-order valence-corrected chi connectivity index (χ1v) is 14.2. The third kappa shape index (κ3) is 8.86. The van der Waals surface area contributed by atoms with E-state index in [1.165, 1.54) is 0 Å². The Bertz CT molecular complexity index is 1210. The standard InChI is InChI=1S/C31H39N3O7/c1-39-17-18-41-25-11-9-22(10-12-25)5-4-6-23(20-29(35)36)30(37)33-27-19-24-21-34(28-8-3-2-7-26(24)28)14-16-40-15-13-32-31(27)38/h2-3,7-12,21,23-24,27H,4-6,13-20H2,1H3,(H2-,32,33,35,36,37,38)/p+1/t23-,24?,27+/m1/s1. The van der Waals surface area contributed by atoms with Crippen molar-refractivity contribution in [3.8, 4) is 5.75 Å². The van der Waals surface area contributed by atoms with E-state index in [0.717, 1.165) is 22.6 Å². The molecule has 0 saturated carbocycles. The molecule has 0 aliphatic carbocycles. The Kier molecular flexibility index (Phi) is 11.3. The summed E-state index contributed by atoms with van der Waals surface area (Å²) in [5, 5.41) is 15.3. The molecule has 1 unspecified atom stereocenters. The number of amides is 2. The molecule has 0 aromatic heterocycles. The Labute approximate surface area is 240 Å². The van der Waals surface area contributed by atoms with Gasteiger partial charge in [0.1, 0.15) is 25.0 Å². The fraction of sp³-hybridized carbons (Fsp3) is 0.484. The highest BCUT2D eigenvalue weighted by atomic mass is 16.5. The van der Waals surface area contributed by atoms with Crippen LogP contribution in [-0.4, -0.2) is 86.3 Å². The number of ether oxygens (including phenoxy) is 3. The zero-order chi connectivity index (χ0) is 29.0. The summed E-state index contributed by atoms with van der Waals surface area (Å²) in [6.45, 7) is 2.92. The fourth-order valence-corrected chi connectivity index (χ4v) is 5.32. The van der Waals surface area contributed by atoms with Gasteiger partial charge < -0.3 is 30.0 Å². The lowest BCUT2D eigenvalue weighted by atomic mass is 9.92. The van der Waals surface area contributed by atoms with Crippen LogP contribution in [-0.2, 0) is 30.3 Å². The third-order valence-corrected chi connectivity index (χ3v) is 7.44. The lowest BCUT2D eigenvalue weighted by molar-refractivity contribution is -0.437. The number of nitrogens with one attached hydrogen (secondary N) is 2. The van der Waals surface area contributed by atoms with Crippen LogP contribution in [0.2, 0.25) is 0 Å². The first-order chi connectivity index (χ1) is 19.9. The molecule has 0 radical (unpaired) electrons. The van der Waals surface area contributed by atoms with Crippen LogP contribution in [0.15, 0.2) is 48.5 Å². The van der Waals surface area contributed by atoms with Gasteiger partial charge in [-0.1, -0.05) is 30.3 Å². The average molecular weight is 567 g/mol. The van der Waals surface area contributed by atoms with Gasteiger partial charge in [0.25, 0.3) is 0 Å². The normalized spacial score (nSPS) is 19.5. The summed E-state index contributed by atoms with van der Waals surface area (Å²) in [4.78, 5) is 38.2. The predicted octanol–water partition coefficient (Wildman–Crippen LogP) is 2.66. The molecule has 0 fully saturated rings. The molecule has 3 atom stereocenters. The second kappa shape index (κ2) is 15.3. The summed E-state index contributed by atoms with van der Waals surface area (Å²) in [6, 6.07) is 14.9. The number of rotatable bonds is 12. The number of aliphatic carboxylic acids is 1. The molecule has 2 aromatic rings. The number of carbonyl (C=O) groups is 3. The molecule has 0 spiro atoms. The van der Waals surface area contributed by atoms with Crippen molar-refractivity contribution in [1.29, 1.82) is 0 Å². The average Bonchev–Trinajstić information content (AvgIpc) is 3.31. The Hall–Kier alpha value is -3.76. The summed E-state index contributed by atoms with van der Waals surface area (Å²) >= 11 is 0. The number of methoxy groups -OCH3 is 1. The van der Waals surface area contributed by atoms with Crippen LogP contribution in [0, 0.1) is 5.92 Å². The van der Waals surface area contributed by atoms with Crippen LogP contribution in [0.5, 0.6) is 5.75 Å². The minimum Gasteiger partial charge on any atom is -0.491 e. The number of nitrogens with zero attached hydrogens (tertiary/aromatic N) is 1. The zero-order valence-corrected chi connectivity index (χ0v) is 23.6. The van der Waals surface area contributed by atoms with Gasteiger partial charge in [0.2, 0.25) is 17.5 Å². The molecule has 2 aliphatic heterocycles. The monoisotopic (exact) mass is 566 g/mol. The predicted molar refractivity (Wildman–Crippen MR) is 153 cm³/mol. The van der Waals surface area contributed by atoms with Crippen molar-refractivity contribution in [1.82, 2.24) is 10.6 Å². The van der Waals surface area contributed by atoms with Crippen LogP contribution in [0.4, 0.5) is 5.69 Å². The number of hydrogen-bond donors (Lipinski definition) is 3. The number of benzene rings is 2. The van der Waals surface area contributed by atoms with Crippen LogP contribution in [0.25, 0.3) is 0 Å². The smallest absolute Gasteiger partial charge is 0.304 e. The van der Waals surface area contributed by atoms with Crippen molar-refractivity contribution in [3.05, 3.63) is 59.7 Å². The molecule has 10 heteroatoms. The van der Waals surface area contributed by atoms with E-state index in [0.29, 0.717) is 65.2 Å². The number of fused-ring (bicyclic) bond motifs is 4. The van der Waals surface area contributed by atoms with Crippen LogP contribution in [0.3, 0.4) is 0 Å². The van der Waals surface area contributed by atoms with Gasteiger partial charge in [-0.3, -0.25) is 14.4 Å². The lowest BCUT2D eigenvalue weighted by Gasteiger charge is -2.23. The maximum Gasteiger partial charge on any atom is 0.304 e. The largest absolute Gasteiger partial charge is 0.491 e. The van der Waals surface area contributed by atoms with E-state index in [1.807, 2.05) is 48.5 Å². The molecule has 220 valence electrons. The van der Waals surface area contributed by atoms with Crippen molar-refractivity contribution in [2.75, 3.05) is 46.6 Å². The van der Waals surface area contributed by atoms with Crippen LogP contribution >= 0.6 is 0 Å². The molecule has 2 amide bonds. The number of aryl methyl sites for hydroxylation is 1. The topological polar surface area (TPSA) is 126 Å². The molecule has 2 aromatic carbocycles. The molecule has 4 rings (SSSR count). The Morgan fingerprint density at radius 1 is 1.15 bits per heavy atom. The van der Waals surface area contributed by atoms with Crippen molar-refractivity contribution in [2.24, 2.45) is 5.92 Å².